The van der Waals surface area contributed by atoms with Gasteiger partial charge in [0.1, 0.15) is 5.82 Å². The number of para-hydroxylation sites is 2. The molecule has 4 rings (SSSR count). The van der Waals surface area contributed by atoms with E-state index in [2.05, 4.69) is 14.9 Å². The number of alkyl halides is 3. The van der Waals surface area contributed by atoms with E-state index in [-0.39, 0.29) is 18.3 Å². The zero-order chi connectivity index (χ0) is 22.0. The minimum Gasteiger partial charge on any atom is -0.481 e. The molecule has 3 aromatic rings. The number of rotatable bonds is 6. The summed E-state index contributed by atoms with van der Waals surface area (Å²) in [4.78, 5) is 21.5. The SMILES string of the molecule is O=C(O)C[C@@H]1CCN(Cc2ccc(C(F)(F)F)cc2)C[C@@H]1Cc1nc2ccccc2[nH]1. The van der Waals surface area contributed by atoms with E-state index in [1.165, 1.54) is 12.1 Å². The standard InChI is InChI=1S/C23H24F3N3O2/c24-23(25,26)18-7-5-15(6-8-18)13-29-10-9-16(12-22(30)31)17(14-29)11-21-27-19-3-1-2-4-20(19)28-21/h1-8,16-17H,9-14H2,(H,27,28)(H,30,31)/t16-,17-/m0/s1. The number of aromatic nitrogens is 2. The number of carbonyl (C=O) groups is 1. The van der Waals surface area contributed by atoms with E-state index in [1.807, 2.05) is 24.3 Å². The molecule has 1 aromatic heterocycles. The second-order valence-corrected chi connectivity index (χ2v) is 8.24. The van der Waals surface area contributed by atoms with Crippen LogP contribution in [0.4, 0.5) is 13.2 Å². The van der Waals surface area contributed by atoms with Gasteiger partial charge in [0.15, 0.2) is 0 Å². The molecule has 1 aliphatic heterocycles. The fraction of sp³-hybridized carbons (Fsp3) is 0.391. The zero-order valence-corrected chi connectivity index (χ0v) is 16.9. The zero-order valence-electron chi connectivity index (χ0n) is 16.9. The molecule has 1 saturated heterocycles. The number of imidazole rings is 1. The minimum atomic E-state index is -4.34. The number of hydrogen-bond acceptors (Lipinski definition) is 3. The number of hydrogen-bond donors (Lipinski definition) is 2. The summed E-state index contributed by atoms with van der Waals surface area (Å²) >= 11 is 0. The number of fused-ring (bicyclic) bond motifs is 1. The number of H-pyrrole nitrogens is 1. The molecule has 2 atom stereocenters. The Morgan fingerprint density at radius 1 is 1.13 bits per heavy atom. The number of likely N-dealkylation sites (tertiary alicyclic amines) is 1. The molecule has 1 fully saturated rings. The van der Waals surface area contributed by atoms with Gasteiger partial charge in [0.2, 0.25) is 0 Å². The van der Waals surface area contributed by atoms with Crippen molar-refractivity contribution in [2.24, 2.45) is 11.8 Å². The number of carboxylic acids is 1. The van der Waals surface area contributed by atoms with Crippen LogP contribution in [0.5, 0.6) is 0 Å². The van der Waals surface area contributed by atoms with Crippen molar-refractivity contribution < 1.29 is 23.1 Å². The lowest BCUT2D eigenvalue weighted by atomic mass is 9.81. The molecule has 2 heterocycles. The van der Waals surface area contributed by atoms with Gasteiger partial charge in [0.25, 0.3) is 0 Å². The second kappa shape index (κ2) is 8.70. The molecule has 0 unspecified atom stereocenters. The number of aromatic amines is 1. The van der Waals surface area contributed by atoms with E-state index in [4.69, 9.17) is 0 Å². The van der Waals surface area contributed by atoms with Crippen molar-refractivity contribution >= 4 is 17.0 Å². The summed E-state index contributed by atoms with van der Waals surface area (Å²) in [7, 11) is 0. The van der Waals surface area contributed by atoms with Gasteiger partial charge in [0, 0.05) is 25.9 Å². The molecule has 1 aliphatic rings. The smallest absolute Gasteiger partial charge is 0.416 e. The van der Waals surface area contributed by atoms with Crippen LogP contribution in [0.15, 0.2) is 48.5 Å². The van der Waals surface area contributed by atoms with Gasteiger partial charge in [-0.1, -0.05) is 24.3 Å². The average molecular weight is 431 g/mol. The van der Waals surface area contributed by atoms with Crippen LogP contribution in [0.3, 0.4) is 0 Å². The van der Waals surface area contributed by atoms with Crippen LogP contribution < -0.4 is 0 Å². The van der Waals surface area contributed by atoms with E-state index in [9.17, 15) is 23.1 Å². The van der Waals surface area contributed by atoms with Crippen molar-refractivity contribution in [3.8, 4) is 0 Å². The Labute approximate surface area is 177 Å². The normalized spacial score (nSPS) is 20.2. The van der Waals surface area contributed by atoms with E-state index >= 15 is 0 Å². The molecule has 8 heteroatoms. The van der Waals surface area contributed by atoms with Crippen molar-refractivity contribution in [2.45, 2.75) is 32.0 Å². The fourth-order valence-electron chi connectivity index (χ4n) is 4.43. The van der Waals surface area contributed by atoms with Gasteiger partial charge in [-0.05, 0) is 54.6 Å². The molecule has 0 bridgehead atoms. The van der Waals surface area contributed by atoms with E-state index in [1.54, 1.807) is 0 Å². The number of aliphatic carboxylic acids is 1. The molecule has 0 aliphatic carbocycles. The topological polar surface area (TPSA) is 69.2 Å². The Hall–Kier alpha value is -2.87. The number of halogens is 3. The van der Waals surface area contributed by atoms with Crippen molar-refractivity contribution in [3.05, 3.63) is 65.5 Å². The third-order valence-electron chi connectivity index (χ3n) is 5.99. The summed E-state index contributed by atoms with van der Waals surface area (Å²) in [6.07, 6.45) is -2.86. The van der Waals surface area contributed by atoms with Gasteiger partial charge in [-0.2, -0.15) is 13.2 Å². The maximum atomic E-state index is 12.8. The first-order valence-corrected chi connectivity index (χ1v) is 10.3. The lowest BCUT2D eigenvalue weighted by Crippen LogP contribution is -2.41. The van der Waals surface area contributed by atoms with Crippen LogP contribution in [-0.2, 0) is 23.9 Å². The minimum absolute atomic E-state index is 0.0366. The third kappa shape index (κ3) is 5.25. The Morgan fingerprint density at radius 3 is 2.55 bits per heavy atom. The molecule has 31 heavy (non-hydrogen) atoms. The number of nitrogens with one attached hydrogen (secondary N) is 1. The maximum absolute atomic E-state index is 12.8. The van der Waals surface area contributed by atoms with Crippen molar-refractivity contribution in [1.29, 1.82) is 0 Å². The summed E-state index contributed by atoms with van der Waals surface area (Å²) in [6.45, 7) is 1.93. The molecular weight excluding hydrogens is 407 g/mol. The Bertz CT molecular complexity index is 1010. The molecule has 2 N–H and O–H groups in total. The predicted octanol–water partition coefficient (Wildman–Crippen LogP) is 4.74. The summed E-state index contributed by atoms with van der Waals surface area (Å²) < 4.78 is 38.4. The largest absolute Gasteiger partial charge is 0.481 e. The van der Waals surface area contributed by atoms with Crippen LogP contribution >= 0.6 is 0 Å². The first kappa shape index (κ1) is 21.4. The highest BCUT2D eigenvalue weighted by Gasteiger charge is 2.32. The van der Waals surface area contributed by atoms with E-state index in [0.29, 0.717) is 19.5 Å². The van der Waals surface area contributed by atoms with Crippen LogP contribution in [-0.4, -0.2) is 39.0 Å². The Kier molecular flexibility index (Phi) is 6.00. The van der Waals surface area contributed by atoms with E-state index < -0.39 is 17.7 Å². The molecule has 164 valence electrons. The number of nitrogens with zero attached hydrogens (tertiary/aromatic N) is 2. The fourth-order valence-corrected chi connectivity index (χ4v) is 4.43. The van der Waals surface area contributed by atoms with Crippen LogP contribution in [0.2, 0.25) is 0 Å². The number of carboxylic acid groups (broad SMARTS) is 1. The van der Waals surface area contributed by atoms with Crippen molar-refractivity contribution in [3.63, 3.8) is 0 Å². The maximum Gasteiger partial charge on any atom is 0.416 e. The quantitative estimate of drug-likeness (QED) is 0.592. The first-order valence-electron chi connectivity index (χ1n) is 10.3. The molecule has 0 radical (unpaired) electrons. The molecule has 0 spiro atoms. The van der Waals surface area contributed by atoms with Gasteiger partial charge in [-0.25, -0.2) is 4.98 Å². The summed E-state index contributed by atoms with van der Waals surface area (Å²) in [5, 5.41) is 9.33. The van der Waals surface area contributed by atoms with Gasteiger partial charge in [-0.3, -0.25) is 9.69 Å². The monoisotopic (exact) mass is 431 g/mol. The number of benzene rings is 2. The Balaban J connectivity index is 1.47. The highest BCUT2D eigenvalue weighted by Crippen LogP contribution is 2.32. The third-order valence-corrected chi connectivity index (χ3v) is 5.99. The van der Waals surface area contributed by atoms with Gasteiger partial charge >= 0.3 is 12.1 Å². The van der Waals surface area contributed by atoms with Crippen LogP contribution in [0.25, 0.3) is 11.0 Å². The van der Waals surface area contributed by atoms with E-state index in [0.717, 1.165) is 47.5 Å². The summed E-state index contributed by atoms with van der Waals surface area (Å²) in [5.41, 5.74) is 1.99. The summed E-state index contributed by atoms with van der Waals surface area (Å²) in [5.74, 6) is 0.156. The predicted molar refractivity (Wildman–Crippen MR) is 110 cm³/mol. The highest BCUT2D eigenvalue weighted by atomic mass is 19.4. The molecule has 0 saturated carbocycles. The lowest BCUT2D eigenvalue weighted by Gasteiger charge is -2.38. The van der Waals surface area contributed by atoms with Gasteiger partial charge < -0.3 is 10.1 Å². The molecule has 0 amide bonds. The second-order valence-electron chi connectivity index (χ2n) is 8.24. The van der Waals surface area contributed by atoms with Crippen molar-refractivity contribution in [1.82, 2.24) is 14.9 Å². The number of piperidine rings is 1. The highest BCUT2D eigenvalue weighted by molar-refractivity contribution is 5.74. The first-order chi connectivity index (χ1) is 14.8. The lowest BCUT2D eigenvalue weighted by molar-refractivity contribution is -0.139. The van der Waals surface area contributed by atoms with Gasteiger partial charge in [-0.15, -0.1) is 0 Å². The van der Waals surface area contributed by atoms with Crippen LogP contribution in [0.1, 0.15) is 29.8 Å². The van der Waals surface area contributed by atoms with Crippen LogP contribution in [0, 0.1) is 11.8 Å². The molecule has 2 aromatic carbocycles. The van der Waals surface area contributed by atoms with Gasteiger partial charge in [0.05, 0.1) is 16.6 Å². The molecule has 5 nitrogen and oxygen atoms in total. The van der Waals surface area contributed by atoms with Crippen molar-refractivity contribution in [2.75, 3.05) is 13.1 Å². The molecular formula is C23H24F3N3O2. The summed E-state index contributed by atoms with van der Waals surface area (Å²) in [6, 6.07) is 13.0. The average Bonchev–Trinajstić information content (AvgIpc) is 3.12. The Morgan fingerprint density at radius 2 is 1.87 bits per heavy atom.